The van der Waals surface area contributed by atoms with Crippen LogP contribution in [0.5, 0.6) is 0 Å². The highest BCUT2D eigenvalue weighted by Gasteiger charge is 2.27. The van der Waals surface area contributed by atoms with Gasteiger partial charge in [0.2, 0.25) is 0 Å². The van der Waals surface area contributed by atoms with Crippen LogP contribution >= 0.6 is 11.3 Å². The van der Waals surface area contributed by atoms with Crippen LogP contribution in [0.25, 0.3) is 86.2 Å². The molecule has 10 aromatic carbocycles. The summed E-state index contributed by atoms with van der Waals surface area (Å²) in [5.41, 5.74) is 9.51. The van der Waals surface area contributed by atoms with Crippen molar-refractivity contribution in [2.24, 2.45) is 0 Å². The van der Waals surface area contributed by atoms with Crippen LogP contribution in [-0.2, 0) is 0 Å². The van der Waals surface area contributed by atoms with Gasteiger partial charge in [0.25, 0.3) is 0 Å². The predicted octanol–water partition coefficient (Wildman–Crippen LogP) is 6.85. The first kappa shape index (κ1) is 41.9. The number of anilines is 3. The molecule has 16 radical (unpaired) electrons. The van der Waals surface area contributed by atoms with Crippen LogP contribution in [-0.4, -0.2) is 62.8 Å². The van der Waals surface area contributed by atoms with Gasteiger partial charge in [-0.05, 0) is 84.3 Å². The van der Waals surface area contributed by atoms with E-state index in [9.17, 15) is 0 Å². The van der Waals surface area contributed by atoms with Gasteiger partial charge in [0.1, 0.15) is 62.8 Å². The van der Waals surface area contributed by atoms with Crippen LogP contribution in [0.2, 0.25) is 0 Å². The first-order valence-corrected chi connectivity index (χ1v) is 22.3. The lowest BCUT2D eigenvalue weighted by Gasteiger charge is -2.37. The van der Waals surface area contributed by atoms with Gasteiger partial charge in [-0.3, -0.25) is 0 Å². The molecular weight excluding hydrogens is 805 g/mol. The van der Waals surface area contributed by atoms with Gasteiger partial charge in [-0.1, -0.05) is 201 Å². The van der Waals surface area contributed by atoms with Crippen molar-refractivity contribution < 1.29 is 0 Å². The van der Waals surface area contributed by atoms with Crippen LogP contribution in [0.1, 0.15) is 0 Å². The minimum absolute atomic E-state index is 0.168. The minimum atomic E-state index is 0.168. The molecule has 0 fully saturated rings. The Morgan fingerprint density at radius 1 is 0.318 bits per heavy atom. The lowest BCUT2D eigenvalue weighted by molar-refractivity contribution is 1.33. The summed E-state index contributed by atoms with van der Waals surface area (Å²) < 4.78 is 2.35. The van der Waals surface area contributed by atoms with E-state index in [1.807, 2.05) is 84.9 Å². The molecule has 0 saturated heterocycles. The van der Waals surface area contributed by atoms with E-state index in [0.29, 0.717) is 16.8 Å². The van der Waals surface area contributed by atoms with Crippen LogP contribution in [0.3, 0.4) is 0 Å². The largest absolute Gasteiger partial charge is 0.313 e. The van der Waals surface area contributed by atoms with Gasteiger partial charge in [-0.15, -0.1) is 11.3 Å². The molecule has 11 rings (SSSR count). The second-order valence-corrected chi connectivity index (χ2v) is 17.6. The molecule has 0 unspecified atom stereocenters. The van der Waals surface area contributed by atoms with E-state index < -0.39 is 0 Å². The van der Waals surface area contributed by atoms with Crippen molar-refractivity contribution in [1.82, 2.24) is 0 Å². The molecule has 10 heteroatoms. The molecule has 0 aliphatic rings. The molecule has 11 aromatic rings. The molecule has 0 atom stereocenters. The smallest absolute Gasteiger partial charge is 0.115 e. The molecule has 0 aliphatic carbocycles. The van der Waals surface area contributed by atoms with E-state index in [0.717, 1.165) is 59.6 Å². The molecule has 0 saturated carbocycles. The average Bonchev–Trinajstić information content (AvgIpc) is 3.74. The van der Waals surface area contributed by atoms with Crippen LogP contribution in [0, 0.1) is 0 Å². The highest BCUT2D eigenvalue weighted by Crippen LogP contribution is 2.42. The molecule has 0 amide bonds. The van der Waals surface area contributed by atoms with Crippen molar-refractivity contribution >= 4 is 177 Å². The number of nitrogens with zero attached hydrogens (tertiary/aromatic N) is 1. The van der Waals surface area contributed by atoms with Crippen LogP contribution in [0.4, 0.5) is 17.1 Å². The van der Waals surface area contributed by atoms with Gasteiger partial charge in [0.05, 0.1) is 0 Å². The molecule has 0 aliphatic heterocycles. The minimum Gasteiger partial charge on any atom is -0.313 e. The third-order valence-electron chi connectivity index (χ3n) is 12.9. The molecule has 0 spiro atoms. The topological polar surface area (TPSA) is 3.24 Å². The molecule has 1 heterocycles. The van der Waals surface area contributed by atoms with E-state index >= 15 is 0 Å². The highest BCUT2D eigenvalue weighted by molar-refractivity contribution is 7.26. The third kappa shape index (κ3) is 6.72. The monoisotopic (exact) mass is 835 g/mol. The maximum atomic E-state index is 7.23. The predicted molar refractivity (Wildman–Crippen MR) is 294 cm³/mol. The Bertz CT molecular complexity index is 3700. The number of hydrogen-bond acceptors (Lipinski definition) is 2. The second-order valence-electron chi connectivity index (χ2n) is 16.6. The molecule has 0 N–H and O–H groups in total. The van der Waals surface area contributed by atoms with E-state index in [1.165, 1.54) is 15.5 Å². The summed E-state index contributed by atoms with van der Waals surface area (Å²) >= 11 is 1.75. The number of rotatable bonds is 7. The van der Waals surface area contributed by atoms with Gasteiger partial charge in [0.15, 0.2) is 0 Å². The Hall–Kier alpha value is -6.74. The summed E-state index contributed by atoms with van der Waals surface area (Å²) in [5.74, 6) is 0. The second kappa shape index (κ2) is 16.6. The lowest BCUT2D eigenvalue weighted by Crippen LogP contribution is -2.50. The molecular formula is C56H29B8NS. The van der Waals surface area contributed by atoms with E-state index in [-0.39, 0.29) is 55.1 Å². The molecule has 1 aromatic heterocycles. The van der Waals surface area contributed by atoms with E-state index in [4.69, 9.17) is 62.8 Å². The standard InChI is InChI=1S/C56H29B8NS/c57-46-44(33-27-25-32(26-28-33)37-20-8-13-30-11-1-3-17-36(30)37)47(58)51(62)54(50(46)61)65(35-16-7-15-34(29-35)39-21-10-23-42-40-19-5-6-24-43(40)66-56(39)42)55-52(63)48(59)45(49(60)53(55)64)41-22-9-14-31-12-2-4-18-38(31)41/h1-29H. The summed E-state index contributed by atoms with van der Waals surface area (Å²) in [4.78, 5) is 1.80. The average molecular weight is 834 g/mol. The number of hydrogen-bond donors (Lipinski definition) is 0. The zero-order valence-corrected chi connectivity index (χ0v) is 36.5. The van der Waals surface area contributed by atoms with Crippen molar-refractivity contribution in [3.05, 3.63) is 176 Å². The Morgan fingerprint density at radius 2 is 0.773 bits per heavy atom. The van der Waals surface area contributed by atoms with E-state index in [2.05, 4.69) is 91.0 Å². The molecule has 66 heavy (non-hydrogen) atoms. The van der Waals surface area contributed by atoms with Gasteiger partial charge in [-0.25, -0.2) is 0 Å². The first-order chi connectivity index (χ1) is 32.1. The fourth-order valence-electron chi connectivity index (χ4n) is 9.61. The highest BCUT2D eigenvalue weighted by atomic mass is 32.1. The zero-order valence-electron chi connectivity index (χ0n) is 35.7. The fraction of sp³-hybridized carbons (Fsp3) is 0. The third-order valence-corrected chi connectivity index (χ3v) is 14.1. The van der Waals surface area contributed by atoms with Gasteiger partial charge >= 0.3 is 0 Å². The van der Waals surface area contributed by atoms with Crippen molar-refractivity contribution in [3.8, 4) is 44.5 Å². The SMILES string of the molecule is [B]c1c([B])c(N(c2cccc(-c3cccc4c3sc3ccccc34)c2)c2c([B])c([B])c(-c3cccc4ccccc34)c([B])c2[B])c([B])c([B])c1-c1ccc(-c2cccc3ccccc23)cc1. The maximum Gasteiger partial charge on any atom is 0.115 e. The normalized spacial score (nSPS) is 11.5. The van der Waals surface area contributed by atoms with Crippen molar-refractivity contribution in [2.75, 3.05) is 4.90 Å². The fourth-order valence-corrected chi connectivity index (χ4v) is 10.8. The van der Waals surface area contributed by atoms with Crippen molar-refractivity contribution in [2.45, 2.75) is 0 Å². The summed E-state index contributed by atoms with van der Waals surface area (Å²) in [6.45, 7) is 0. The summed E-state index contributed by atoms with van der Waals surface area (Å²) in [7, 11) is 57.4. The number of thiophene rings is 1. The molecule has 288 valence electrons. The molecule has 1 nitrogen and oxygen atoms in total. The summed E-state index contributed by atoms with van der Waals surface area (Å²) in [5, 5.41) is 6.63. The van der Waals surface area contributed by atoms with Gasteiger partial charge < -0.3 is 4.90 Å². The quantitative estimate of drug-likeness (QED) is 0.159. The van der Waals surface area contributed by atoms with Crippen LogP contribution < -0.4 is 48.6 Å². The Kier molecular flexibility index (Phi) is 10.5. The van der Waals surface area contributed by atoms with Crippen LogP contribution in [0.15, 0.2) is 176 Å². The Balaban J connectivity index is 1.12. The number of benzene rings is 10. The number of fused-ring (bicyclic) bond motifs is 5. The van der Waals surface area contributed by atoms with Gasteiger partial charge in [-0.2, -0.15) is 0 Å². The lowest BCUT2D eigenvalue weighted by atomic mass is 9.62. The summed E-state index contributed by atoms with van der Waals surface area (Å²) in [6.07, 6.45) is 0. The molecule has 0 bridgehead atoms. The maximum absolute atomic E-state index is 7.23. The first-order valence-electron chi connectivity index (χ1n) is 21.5. The van der Waals surface area contributed by atoms with Gasteiger partial charge in [0, 0.05) is 37.2 Å². The zero-order chi connectivity index (χ0) is 45.4. The van der Waals surface area contributed by atoms with Crippen molar-refractivity contribution in [1.29, 1.82) is 0 Å². The van der Waals surface area contributed by atoms with E-state index in [1.54, 1.807) is 16.2 Å². The Morgan fingerprint density at radius 3 is 1.41 bits per heavy atom. The Labute approximate surface area is 399 Å². The van der Waals surface area contributed by atoms with Crippen molar-refractivity contribution in [3.63, 3.8) is 0 Å². The summed E-state index contributed by atoms with van der Waals surface area (Å²) in [6, 6.07) is 59.4.